The second kappa shape index (κ2) is 7.11. The third-order valence-corrected chi connectivity index (χ3v) is 5.26. The number of hydrogen-bond acceptors (Lipinski definition) is 4. The molecule has 2 fully saturated rings. The Morgan fingerprint density at radius 1 is 1.32 bits per heavy atom. The number of nitrogens with zero attached hydrogens (tertiary/aromatic N) is 2. The first-order valence-corrected chi connectivity index (χ1v) is 8.55. The summed E-state index contributed by atoms with van der Waals surface area (Å²) in [4.78, 5) is 10.6. The highest BCUT2D eigenvalue weighted by Gasteiger charge is 2.34. The second-order valence-corrected chi connectivity index (χ2v) is 6.81. The van der Waals surface area contributed by atoms with Crippen LogP contribution < -0.4 is 0 Å². The summed E-state index contributed by atoms with van der Waals surface area (Å²) in [5.74, 6) is 1.89. The summed E-state index contributed by atoms with van der Waals surface area (Å²) in [7, 11) is 1.80. The third kappa shape index (κ3) is 3.53. The van der Waals surface area contributed by atoms with Crippen LogP contribution in [0, 0.1) is 19.8 Å². The van der Waals surface area contributed by atoms with E-state index in [4.69, 9.17) is 14.5 Å². The molecular formula is C17H29N3O2. The number of methoxy groups -OCH3 is 1. The molecular weight excluding hydrogens is 278 g/mol. The Kier molecular flexibility index (Phi) is 5.16. The van der Waals surface area contributed by atoms with Crippen molar-refractivity contribution >= 4 is 0 Å². The number of aryl methyl sites for hydroxylation is 2. The molecule has 0 bridgehead atoms. The Morgan fingerprint density at radius 3 is 2.73 bits per heavy atom. The van der Waals surface area contributed by atoms with Crippen molar-refractivity contribution in [3.8, 4) is 0 Å². The molecule has 0 amide bonds. The van der Waals surface area contributed by atoms with Crippen molar-refractivity contribution in [3.05, 3.63) is 17.2 Å². The molecule has 1 aromatic rings. The molecule has 1 aliphatic carbocycles. The van der Waals surface area contributed by atoms with Crippen molar-refractivity contribution in [3.63, 3.8) is 0 Å². The molecule has 2 heterocycles. The lowest BCUT2D eigenvalue weighted by Crippen LogP contribution is -2.30. The van der Waals surface area contributed by atoms with Gasteiger partial charge in [0.1, 0.15) is 5.82 Å². The van der Waals surface area contributed by atoms with Crippen LogP contribution in [-0.4, -0.2) is 54.4 Å². The van der Waals surface area contributed by atoms with Crippen molar-refractivity contribution in [2.45, 2.75) is 51.7 Å². The largest absolute Gasteiger partial charge is 0.380 e. The summed E-state index contributed by atoms with van der Waals surface area (Å²) >= 11 is 0. The summed E-state index contributed by atoms with van der Waals surface area (Å²) in [6.07, 6.45) is 5.38. The van der Waals surface area contributed by atoms with Gasteiger partial charge >= 0.3 is 0 Å². The Labute approximate surface area is 133 Å². The summed E-state index contributed by atoms with van der Waals surface area (Å²) in [5, 5.41) is 0. The van der Waals surface area contributed by atoms with E-state index in [1.165, 1.54) is 19.3 Å². The minimum Gasteiger partial charge on any atom is -0.380 e. The van der Waals surface area contributed by atoms with Crippen molar-refractivity contribution in [1.29, 1.82) is 0 Å². The smallest absolute Gasteiger partial charge is 0.124 e. The van der Waals surface area contributed by atoms with E-state index in [1.54, 1.807) is 7.11 Å². The van der Waals surface area contributed by atoms with E-state index >= 15 is 0 Å². The van der Waals surface area contributed by atoms with E-state index in [0.29, 0.717) is 12.1 Å². The lowest BCUT2D eigenvalue weighted by molar-refractivity contribution is 0.0485. The zero-order valence-electron chi connectivity index (χ0n) is 14.1. The van der Waals surface area contributed by atoms with E-state index in [1.807, 2.05) is 0 Å². The van der Waals surface area contributed by atoms with Crippen molar-refractivity contribution < 1.29 is 9.47 Å². The summed E-state index contributed by atoms with van der Waals surface area (Å²) in [6.45, 7) is 7.81. The zero-order chi connectivity index (χ0) is 15.5. The Balaban J connectivity index is 1.54. The molecule has 2 aliphatic rings. The van der Waals surface area contributed by atoms with Gasteiger partial charge in [-0.2, -0.15) is 0 Å². The standard InChI is InChI=1S/C17H29N3O2/c1-12-13(2)19-17(18-12)16-9-15(21-3)10-20(16)7-8-22-11-14-5-4-6-14/h14-16H,4-11H2,1-3H3,(H,18,19)/t15-,16+/m1/s1. The highest BCUT2D eigenvalue weighted by Crippen LogP contribution is 2.32. The second-order valence-electron chi connectivity index (χ2n) is 6.81. The molecule has 1 aromatic heterocycles. The average Bonchev–Trinajstić information content (AvgIpc) is 3.01. The molecule has 0 radical (unpaired) electrons. The first kappa shape index (κ1) is 16.0. The first-order valence-electron chi connectivity index (χ1n) is 8.55. The quantitative estimate of drug-likeness (QED) is 0.787. The van der Waals surface area contributed by atoms with Gasteiger partial charge in [-0.25, -0.2) is 4.98 Å². The number of aromatic amines is 1. The summed E-state index contributed by atoms with van der Waals surface area (Å²) < 4.78 is 11.4. The number of H-pyrrole nitrogens is 1. The normalized spacial score (nSPS) is 26.5. The van der Waals surface area contributed by atoms with E-state index < -0.39 is 0 Å². The van der Waals surface area contributed by atoms with Crippen LogP contribution in [0.4, 0.5) is 0 Å². The molecule has 0 unspecified atom stereocenters. The monoisotopic (exact) mass is 307 g/mol. The maximum atomic E-state index is 5.87. The van der Waals surface area contributed by atoms with Gasteiger partial charge in [-0.3, -0.25) is 4.90 Å². The molecule has 3 rings (SSSR count). The van der Waals surface area contributed by atoms with E-state index in [9.17, 15) is 0 Å². The van der Waals surface area contributed by atoms with Gasteiger partial charge in [-0.1, -0.05) is 6.42 Å². The Hall–Kier alpha value is -0.910. The van der Waals surface area contributed by atoms with Crippen molar-refractivity contribution in [2.24, 2.45) is 5.92 Å². The number of ether oxygens (including phenoxy) is 2. The number of rotatable bonds is 7. The minimum atomic E-state index is 0.294. The zero-order valence-corrected chi connectivity index (χ0v) is 14.1. The number of likely N-dealkylation sites (tertiary alicyclic amines) is 1. The van der Waals surface area contributed by atoms with E-state index in [2.05, 4.69) is 23.7 Å². The topological polar surface area (TPSA) is 50.4 Å². The molecule has 1 N–H and O–H groups in total. The van der Waals surface area contributed by atoms with E-state index in [-0.39, 0.29) is 0 Å². The lowest BCUT2D eigenvalue weighted by Gasteiger charge is -2.26. The van der Waals surface area contributed by atoms with Crippen LogP contribution in [0.1, 0.15) is 48.9 Å². The molecule has 1 saturated carbocycles. The molecule has 0 spiro atoms. The van der Waals surface area contributed by atoms with Crippen LogP contribution >= 0.6 is 0 Å². The molecule has 1 aliphatic heterocycles. The number of nitrogens with one attached hydrogen (secondary N) is 1. The number of aromatic nitrogens is 2. The van der Waals surface area contributed by atoms with Gasteiger partial charge in [0.25, 0.3) is 0 Å². The maximum absolute atomic E-state index is 5.87. The fraction of sp³-hybridized carbons (Fsp3) is 0.824. The van der Waals surface area contributed by atoms with Gasteiger partial charge in [0, 0.05) is 32.5 Å². The fourth-order valence-electron chi connectivity index (χ4n) is 3.39. The van der Waals surface area contributed by atoms with Gasteiger partial charge in [0.2, 0.25) is 0 Å². The molecule has 1 saturated heterocycles. The van der Waals surface area contributed by atoms with Gasteiger partial charge in [0.05, 0.1) is 24.4 Å². The van der Waals surface area contributed by atoms with Crippen LogP contribution in [0.2, 0.25) is 0 Å². The van der Waals surface area contributed by atoms with Crippen LogP contribution in [0.3, 0.4) is 0 Å². The maximum Gasteiger partial charge on any atom is 0.124 e. The number of imidazole rings is 1. The van der Waals surface area contributed by atoms with Crippen LogP contribution in [0.5, 0.6) is 0 Å². The van der Waals surface area contributed by atoms with Crippen molar-refractivity contribution in [1.82, 2.24) is 14.9 Å². The minimum absolute atomic E-state index is 0.294. The summed E-state index contributed by atoms with van der Waals surface area (Å²) in [6, 6.07) is 0.324. The highest BCUT2D eigenvalue weighted by atomic mass is 16.5. The van der Waals surface area contributed by atoms with Gasteiger partial charge < -0.3 is 14.5 Å². The summed E-state index contributed by atoms with van der Waals surface area (Å²) in [5.41, 5.74) is 2.26. The van der Waals surface area contributed by atoms with Gasteiger partial charge in [-0.05, 0) is 39.0 Å². The SMILES string of the molecule is CO[C@@H]1C[C@@H](c2nc(C)c(C)[nH]2)N(CCOCC2CCC2)C1. The van der Waals surface area contributed by atoms with E-state index in [0.717, 1.165) is 55.9 Å². The Morgan fingerprint density at radius 2 is 2.14 bits per heavy atom. The third-order valence-electron chi connectivity index (χ3n) is 5.26. The fourth-order valence-corrected chi connectivity index (χ4v) is 3.39. The molecule has 5 heteroatoms. The molecule has 22 heavy (non-hydrogen) atoms. The van der Waals surface area contributed by atoms with Crippen LogP contribution in [0.25, 0.3) is 0 Å². The highest BCUT2D eigenvalue weighted by molar-refractivity contribution is 5.14. The van der Waals surface area contributed by atoms with Gasteiger partial charge in [-0.15, -0.1) is 0 Å². The average molecular weight is 307 g/mol. The number of hydrogen-bond donors (Lipinski definition) is 1. The van der Waals surface area contributed by atoms with Gasteiger partial charge in [0.15, 0.2) is 0 Å². The van der Waals surface area contributed by atoms with Crippen molar-refractivity contribution in [2.75, 3.05) is 33.4 Å². The Bertz CT molecular complexity index is 465. The molecule has 0 aromatic carbocycles. The predicted molar refractivity (Wildman–Crippen MR) is 85.9 cm³/mol. The van der Waals surface area contributed by atoms with Crippen LogP contribution in [0.15, 0.2) is 0 Å². The lowest BCUT2D eigenvalue weighted by atomic mass is 9.86. The predicted octanol–water partition coefficient (Wildman–Crippen LogP) is 2.61. The molecule has 2 atom stereocenters. The van der Waals surface area contributed by atoms with Crippen LogP contribution in [-0.2, 0) is 9.47 Å². The molecule has 124 valence electrons. The first-order chi connectivity index (χ1) is 10.7. The molecule has 5 nitrogen and oxygen atoms in total.